The number of nitrogens with zero attached hydrogens (tertiary/aromatic N) is 2. The highest BCUT2D eigenvalue weighted by atomic mass is 16.5. The normalized spacial score (nSPS) is 14.1. The third-order valence-electron chi connectivity index (χ3n) is 2.65. The fourth-order valence-corrected chi connectivity index (χ4v) is 1.74. The second-order valence-corrected chi connectivity index (χ2v) is 4.30. The molecular formula is C13H17N3O2. The van der Waals surface area contributed by atoms with Gasteiger partial charge in [-0.1, -0.05) is 6.58 Å². The molecule has 0 bridgehead atoms. The van der Waals surface area contributed by atoms with Gasteiger partial charge in [0, 0.05) is 12.8 Å². The summed E-state index contributed by atoms with van der Waals surface area (Å²) >= 11 is 0. The van der Waals surface area contributed by atoms with E-state index in [1.165, 1.54) is 13.1 Å². The molecule has 0 saturated heterocycles. The molecule has 0 spiro atoms. The Hall–Kier alpha value is -1.91. The molecule has 2 rings (SSSR count). The van der Waals surface area contributed by atoms with Crippen LogP contribution < -0.4 is 5.32 Å². The zero-order valence-electron chi connectivity index (χ0n) is 10.7. The van der Waals surface area contributed by atoms with Gasteiger partial charge in [0.1, 0.15) is 11.5 Å². The average molecular weight is 247 g/mol. The maximum atomic E-state index is 11.0. The van der Waals surface area contributed by atoms with Gasteiger partial charge in [0.25, 0.3) is 0 Å². The average Bonchev–Trinajstić information content (AvgIpc) is 3.12. The standard InChI is InChI=1S/C13H17N3O2/c1-4-18-8(2)12-13(10-5-6-10)16-11(7-14-12)15-9(3)17/h7,10H,2,4-6H2,1,3H3,(H,15,16,17). The lowest BCUT2D eigenvalue weighted by Gasteiger charge is -2.11. The third kappa shape index (κ3) is 2.85. The van der Waals surface area contributed by atoms with E-state index in [1.807, 2.05) is 6.92 Å². The van der Waals surface area contributed by atoms with Gasteiger partial charge in [-0.3, -0.25) is 4.79 Å². The van der Waals surface area contributed by atoms with Gasteiger partial charge < -0.3 is 10.1 Å². The smallest absolute Gasteiger partial charge is 0.222 e. The molecule has 1 amide bonds. The summed E-state index contributed by atoms with van der Waals surface area (Å²) in [5.74, 6) is 1.29. The number of carbonyl (C=O) groups excluding carboxylic acids is 1. The molecule has 0 aliphatic heterocycles. The minimum absolute atomic E-state index is 0.151. The summed E-state index contributed by atoms with van der Waals surface area (Å²) in [5.41, 5.74) is 1.58. The Morgan fingerprint density at radius 1 is 1.61 bits per heavy atom. The van der Waals surface area contributed by atoms with Gasteiger partial charge in [0.05, 0.1) is 18.5 Å². The van der Waals surface area contributed by atoms with E-state index in [4.69, 9.17) is 4.74 Å². The Morgan fingerprint density at radius 3 is 2.89 bits per heavy atom. The minimum Gasteiger partial charge on any atom is -0.492 e. The molecule has 1 heterocycles. The molecule has 5 heteroatoms. The molecule has 0 radical (unpaired) electrons. The number of hydrogen-bond acceptors (Lipinski definition) is 4. The molecule has 1 aliphatic rings. The largest absolute Gasteiger partial charge is 0.492 e. The van der Waals surface area contributed by atoms with Crippen LogP contribution in [0.15, 0.2) is 12.8 Å². The Balaban J connectivity index is 2.29. The van der Waals surface area contributed by atoms with E-state index in [2.05, 4.69) is 21.9 Å². The number of rotatable bonds is 5. The van der Waals surface area contributed by atoms with Gasteiger partial charge >= 0.3 is 0 Å². The quantitative estimate of drug-likeness (QED) is 0.811. The summed E-state index contributed by atoms with van der Waals surface area (Å²) in [5, 5.41) is 2.64. The van der Waals surface area contributed by atoms with Crippen molar-refractivity contribution < 1.29 is 9.53 Å². The first-order valence-electron chi connectivity index (χ1n) is 6.08. The first kappa shape index (κ1) is 12.5. The number of carbonyl (C=O) groups is 1. The summed E-state index contributed by atoms with van der Waals surface area (Å²) in [6.07, 6.45) is 3.74. The molecule has 0 atom stereocenters. The lowest BCUT2D eigenvalue weighted by atomic mass is 10.2. The highest BCUT2D eigenvalue weighted by Gasteiger charge is 2.30. The minimum atomic E-state index is -0.151. The van der Waals surface area contributed by atoms with Crippen LogP contribution in [0.5, 0.6) is 0 Å². The van der Waals surface area contributed by atoms with E-state index in [-0.39, 0.29) is 5.91 Å². The molecule has 0 unspecified atom stereocenters. The van der Waals surface area contributed by atoms with Crippen LogP contribution in [0.2, 0.25) is 0 Å². The van der Waals surface area contributed by atoms with Crippen molar-refractivity contribution in [2.45, 2.75) is 32.6 Å². The second kappa shape index (κ2) is 5.16. The van der Waals surface area contributed by atoms with Crippen LogP contribution in [0.3, 0.4) is 0 Å². The van der Waals surface area contributed by atoms with Crippen molar-refractivity contribution in [1.82, 2.24) is 9.97 Å². The summed E-state index contributed by atoms with van der Waals surface area (Å²) in [4.78, 5) is 19.8. The van der Waals surface area contributed by atoms with Crippen LogP contribution >= 0.6 is 0 Å². The Bertz CT molecular complexity index is 481. The highest BCUT2D eigenvalue weighted by Crippen LogP contribution is 2.41. The van der Waals surface area contributed by atoms with Crippen molar-refractivity contribution in [1.29, 1.82) is 0 Å². The fourth-order valence-electron chi connectivity index (χ4n) is 1.74. The number of ether oxygens (including phenoxy) is 1. The Morgan fingerprint density at radius 2 is 2.33 bits per heavy atom. The highest BCUT2D eigenvalue weighted by molar-refractivity contribution is 5.87. The van der Waals surface area contributed by atoms with Gasteiger partial charge in [-0.05, 0) is 19.8 Å². The Labute approximate surface area is 106 Å². The first-order valence-corrected chi connectivity index (χ1v) is 6.08. The van der Waals surface area contributed by atoms with Gasteiger partial charge in [-0.2, -0.15) is 0 Å². The Kier molecular flexibility index (Phi) is 3.60. The topological polar surface area (TPSA) is 64.1 Å². The van der Waals surface area contributed by atoms with Crippen LogP contribution in [0.1, 0.15) is 44.0 Å². The predicted octanol–water partition coefficient (Wildman–Crippen LogP) is 2.32. The second-order valence-electron chi connectivity index (χ2n) is 4.30. The van der Waals surface area contributed by atoms with Crippen LogP contribution in [0.4, 0.5) is 5.82 Å². The van der Waals surface area contributed by atoms with Gasteiger partial charge in [0.2, 0.25) is 5.91 Å². The molecule has 1 aromatic heterocycles. The summed E-state index contributed by atoms with van der Waals surface area (Å²) in [7, 11) is 0. The van der Waals surface area contributed by atoms with Crippen molar-refractivity contribution in [3.8, 4) is 0 Å². The molecule has 1 aromatic rings. The first-order chi connectivity index (χ1) is 8.61. The van der Waals surface area contributed by atoms with E-state index in [1.54, 1.807) is 0 Å². The monoisotopic (exact) mass is 247 g/mol. The summed E-state index contributed by atoms with van der Waals surface area (Å²) in [6.45, 7) is 7.77. The van der Waals surface area contributed by atoms with Crippen molar-refractivity contribution in [3.05, 3.63) is 24.2 Å². The SMILES string of the molecule is C=C(OCC)c1ncc(NC(C)=O)nc1C1CC1. The van der Waals surface area contributed by atoms with Crippen LogP contribution in [-0.2, 0) is 9.53 Å². The zero-order valence-corrected chi connectivity index (χ0v) is 10.7. The van der Waals surface area contributed by atoms with Crippen molar-refractivity contribution in [2.24, 2.45) is 0 Å². The number of amides is 1. The van der Waals surface area contributed by atoms with E-state index < -0.39 is 0 Å². The third-order valence-corrected chi connectivity index (χ3v) is 2.65. The molecule has 18 heavy (non-hydrogen) atoms. The van der Waals surface area contributed by atoms with Gasteiger partial charge in [-0.25, -0.2) is 9.97 Å². The molecule has 1 N–H and O–H groups in total. The van der Waals surface area contributed by atoms with Gasteiger partial charge in [0.15, 0.2) is 5.82 Å². The molecule has 5 nitrogen and oxygen atoms in total. The van der Waals surface area contributed by atoms with Crippen LogP contribution in [0, 0.1) is 0 Å². The molecule has 96 valence electrons. The van der Waals surface area contributed by atoms with Crippen LogP contribution in [-0.4, -0.2) is 22.5 Å². The summed E-state index contributed by atoms with van der Waals surface area (Å²) in [6, 6.07) is 0. The van der Waals surface area contributed by atoms with E-state index in [0.29, 0.717) is 29.8 Å². The maximum Gasteiger partial charge on any atom is 0.222 e. The number of aromatic nitrogens is 2. The van der Waals surface area contributed by atoms with Gasteiger partial charge in [-0.15, -0.1) is 0 Å². The molecular weight excluding hydrogens is 230 g/mol. The van der Waals surface area contributed by atoms with E-state index in [0.717, 1.165) is 18.5 Å². The molecule has 0 aromatic carbocycles. The van der Waals surface area contributed by atoms with Crippen LogP contribution in [0.25, 0.3) is 5.76 Å². The van der Waals surface area contributed by atoms with Crippen molar-refractivity contribution in [3.63, 3.8) is 0 Å². The zero-order chi connectivity index (χ0) is 13.1. The maximum absolute atomic E-state index is 11.0. The molecule has 1 aliphatic carbocycles. The van der Waals surface area contributed by atoms with E-state index in [9.17, 15) is 4.79 Å². The lowest BCUT2D eigenvalue weighted by Crippen LogP contribution is -2.10. The predicted molar refractivity (Wildman–Crippen MR) is 69.0 cm³/mol. The lowest BCUT2D eigenvalue weighted by molar-refractivity contribution is -0.114. The number of hydrogen-bond donors (Lipinski definition) is 1. The fraction of sp³-hybridized carbons (Fsp3) is 0.462. The number of anilines is 1. The number of nitrogens with one attached hydrogen (secondary N) is 1. The molecule has 1 saturated carbocycles. The van der Waals surface area contributed by atoms with E-state index >= 15 is 0 Å². The van der Waals surface area contributed by atoms with Crippen molar-refractivity contribution >= 4 is 17.5 Å². The summed E-state index contributed by atoms with van der Waals surface area (Å²) < 4.78 is 5.38. The molecule has 1 fully saturated rings. The van der Waals surface area contributed by atoms with Crippen molar-refractivity contribution in [2.75, 3.05) is 11.9 Å².